The Morgan fingerprint density at radius 1 is 1.12 bits per heavy atom. The Bertz CT molecular complexity index is 1290. The molecule has 1 amide bonds. The second-order valence-electron chi connectivity index (χ2n) is 6.71. The van der Waals surface area contributed by atoms with Crippen molar-refractivity contribution in [3.63, 3.8) is 0 Å². The van der Waals surface area contributed by atoms with Crippen LogP contribution in [-0.2, 0) is 14.9 Å². The van der Waals surface area contributed by atoms with Gasteiger partial charge in [0, 0.05) is 19.3 Å². The van der Waals surface area contributed by atoms with Crippen molar-refractivity contribution in [1.29, 1.82) is 0 Å². The van der Waals surface area contributed by atoms with E-state index in [4.69, 9.17) is 16.4 Å². The zero-order chi connectivity index (χ0) is 24.2. The van der Waals surface area contributed by atoms with E-state index < -0.39 is 21.9 Å². The highest BCUT2D eigenvalue weighted by Gasteiger charge is 2.21. The first-order chi connectivity index (χ1) is 15.6. The first-order valence-corrected chi connectivity index (χ1v) is 11.5. The third-order valence-corrected chi connectivity index (χ3v) is 5.87. The van der Waals surface area contributed by atoms with Crippen LogP contribution in [0.5, 0.6) is 0 Å². The third-order valence-electron chi connectivity index (χ3n) is 4.38. The van der Waals surface area contributed by atoms with Gasteiger partial charge in [-0.2, -0.15) is 4.39 Å². The molecule has 33 heavy (non-hydrogen) atoms. The average molecular weight is 495 g/mol. The summed E-state index contributed by atoms with van der Waals surface area (Å²) in [6, 6.07) is 10.4. The van der Waals surface area contributed by atoms with E-state index >= 15 is 0 Å². The average Bonchev–Trinajstić information content (AvgIpc) is 2.73. The van der Waals surface area contributed by atoms with Crippen LogP contribution >= 0.6 is 11.6 Å². The second-order valence-corrected chi connectivity index (χ2v) is 9.13. The van der Waals surface area contributed by atoms with E-state index in [9.17, 15) is 17.6 Å². The van der Waals surface area contributed by atoms with Crippen molar-refractivity contribution in [2.24, 2.45) is 0 Å². The van der Waals surface area contributed by atoms with Gasteiger partial charge in [0.2, 0.25) is 16.0 Å². The number of carbonyl (C=O) groups is 1. The molecule has 0 radical (unpaired) electrons. The highest BCUT2D eigenvalue weighted by atomic mass is 35.5. The van der Waals surface area contributed by atoms with Gasteiger partial charge in [-0.1, -0.05) is 23.7 Å². The van der Waals surface area contributed by atoms with Crippen molar-refractivity contribution in [2.75, 3.05) is 35.4 Å². The Morgan fingerprint density at radius 2 is 1.85 bits per heavy atom. The highest BCUT2D eigenvalue weighted by Crippen LogP contribution is 2.37. The van der Waals surface area contributed by atoms with Crippen LogP contribution in [0.15, 0.2) is 48.7 Å². The topological polar surface area (TPSA) is 126 Å². The summed E-state index contributed by atoms with van der Waals surface area (Å²) in [5, 5.41) is 6.05. The summed E-state index contributed by atoms with van der Waals surface area (Å²) in [5.41, 5.74) is 3.02. The van der Waals surface area contributed by atoms with Gasteiger partial charge in [-0.25, -0.2) is 23.9 Å². The molecular weight excluding hydrogens is 475 g/mol. The molecule has 0 aliphatic heterocycles. The molecule has 0 atom stereocenters. The predicted molar refractivity (Wildman–Crippen MR) is 124 cm³/mol. The minimum Gasteiger partial charge on any atom is -0.353 e. The Kier molecular flexibility index (Phi) is 7.31. The fourth-order valence-corrected chi connectivity index (χ4v) is 3.69. The van der Waals surface area contributed by atoms with Crippen molar-refractivity contribution in [1.82, 2.24) is 15.4 Å². The summed E-state index contributed by atoms with van der Waals surface area (Å²) in [4.78, 5) is 25.1. The van der Waals surface area contributed by atoms with Crippen LogP contribution in [0, 0.1) is 5.95 Å². The van der Waals surface area contributed by atoms with Gasteiger partial charge in [0.15, 0.2) is 0 Å². The molecule has 3 rings (SSSR count). The van der Waals surface area contributed by atoms with E-state index in [1.807, 2.05) is 0 Å². The van der Waals surface area contributed by atoms with Gasteiger partial charge in [-0.3, -0.25) is 13.9 Å². The molecule has 10 nitrogen and oxygen atoms in total. The van der Waals surface area contributed by atoms with Crippen molar-refractivity contribution in [2.45, 2.75) is 0 Å². The van der Waals surface area contributed by atoms with Crippen molar-refractivity contribution >= 4 is 56.2 Å². The molecule has 0 saturated carbocycles. The van der Waals surface area contributed by atoms with Gasteiger partial charge in [-0.15, -0.1) is 0 Å². The van der Waals surface area contributed by atoms with Gasteiger partial charge in [0.1, 0.15) is 11.6 Å². The Morgan fingerprint density at radius 3 is 2.52 bits per heavy atom. The number of benzene rings is 1. The second kappa shape index (κ2) is 9.98. The van der Waals surface area contributed by atoms with Crippen LogP contribution in [0.4, 0.5) is 33.1 Å². The molecule has 0 fully saturated rings. The lowest BCUT2D eigenvalue weighted by molar-refractivity contribution is 0.0538. The van der Waals surface area contributed by atoms with E-state index in [0.29, 0.717) is 5.69 Å². The number of carbonyl (C=O) groups excluding carboxylic acids is 1. The molecule has 2 heterocycles. The maximum atomic E-state index is 13.4. The molecular formula is C20H20ClFN6O4S. The number of halogens is 2. The molecule has 0 bridgehead atoms. The number of hydroxylamine groups is 1. The number of nitrogens with one attached hydrogen (secondary N) is 3. The minimum atomic E-state index is -3.64. The Labute approximate surface area is 194 Å². The lowest BCUT2D eigenvalue weighted by Crippen LogP contribution is -2.26. The standard InChI is InChI=1S/C20H20ClFN6O4S/c1-28(33(3,30)31)19-13(21)6-4-7-14(19)24-15-10-18(23-11-12(15)20(29)27-32-2)26-17-9-5-8-16(22)25-17/h4-11H,1-3H3,(H,27,29)(H2,23,24,25,26). The monoisotopic (exact) mass is 494 g/mol. The molecule has 0 unspecified atom stereocenters. The number of rotatable bonds is 8. The number of hydrogen-bond acceptors (Lipinski definition) is 8. The highest BCUT2D eigenvalue weighted by molar-refractivity contribution is 7.92. The van der Waals surface area contributed by atoms with Crippen LogP contribution in [-0.4, -0.2) is 44.7 Å². The number of aromatic nitrogens is 2. The molecule has 13 heteroatoms. The zero-order valence-electron chi connectivity index (χ0n) is 17.8. The SMILES string of the molecule is CONC(=O)c1cnc(Nc2cccc(F)n2)cc1Nc1cccc(Cl)c1N(C)S(C)(=O)=O. The van der Waals surface area contributed by atoms with Gasteiger partial charge < -0.3 is 10.6 Å². The minimum absolute atomic E-state index is 0.0857. The van der Waals surface area contributed by atoms with Crippen molar-refractivity contribution < 1.29 is 22.4 Å². The van der Waals surface area contributed by atoms with Crippen LogP contribution in [0.2, 0.25) is 5.02 Å². The summed E-state index contributed by atoms with van der Waals surface area (Å²) in [5.74, 6) is -0.850. The maximum absolute atomic E-state index is 13.4. The normalized spacial score (nSPS) is 11.1. The smallest absolute Gasteiger partial charge is 0.278 e. The summed E-state index contributed by atoms with van der Waals surface area (Å²) >= 11 is 6.29. The van der Waals surface area contributed by atoms with Gasteiger partial charge in [0.05, 0.1) is 41.0 Å². The summed E-state index contributed by atoms with van der Waals surface area (Å²) < 4.78 is 38.7. The van der Waals surface area contributed by atoms with Crippen LogP contribution in [0.3, 0.4) is 0 Å². The van der Waals surface area contributed by atoms with E-state index in [2.05, 4.69) is 26.1 Å². The van der Waals surface area contributed by atoms with Gasteiger partial charge in [-0.05, 0) is 24.3 Å². The number of sulfonamides is 1. The van der Waals surface area contributed by atoms with Crippen molar-refractivity contribution in [3.8, 4) is 0 Å². The van der Waals surface area contributed by atoms with Crippen LogP contribution in [0.25, 0.3) is 0 Å². The number of para-hydroxylation sites is 1. The zero-order valence-corrected chi connectivity index (χ0v) is 19.3. The lowest BCUT2D eigenvalue weighted by atomic mass is 10.2. The number of anilines is 5. The van der Waals surface area contributed by atoms with E-state index in [0.717, 1.165) is 10.6 Å². The van der Waals surface area contributed by atoms with E-state index in [1.54, 1.807) is 18.2 Å². The molecule has 0 aliphatic carbocycles. The largest absolute Gasteiger partial charge is 0.353 e. The fourth-order valence-electron chi connectivity index (χ4n) is 2.81. The Hall–Kier alpha value is -3.48. The molecule has 0 aliphatic rings. The quantitative estimate of drug-likeness (QED) is 0.321. The van der Waals surface area contributed by atoms with Crippen molar-refractivity contribution in [3.05, 3.63) is 65.2 Å². The third kappa shape index (κ3) is 5.86. The molecule has 3 aromatic rings. The van der Waals surface area contributed by atoms with Gasteiger partial charge in [0.25, 0.3) is 5.91 Å². The number of nitrogens with zero attached hydrogens (tertiary/aromatic N) is 3. The molecule has 174 valence electrons. The summed E-state index contributed by atoms with van der Waals surface area (Å²) in [7, 11) is -1.01. The summed E-state index contributed by atoms with van der Waals surface area (Å²) in [6.07, 6.45) is 2.31. The predicted octanol–water partition coefficient (Wildman–Crippen LogP) is 3.44. The Balaban J connectivity index is 2.07. The van der Waals surface area contributed by atoms with E-state index in [1.165, 1.54) is 44.6 Å². The van der Waals surface area contributed by atoms with Gasteiger partial charge >= 0.3 is 0 Å². The van der Waals surface area contributed by atoms with Crippen LogP contribution in [0.1, 0.15) is 10.4 Å². The first kappa shape index (κ1) is 24.2. The fraction of sp³-hybridized carbons (Fsp3) is 0.150. The molecule has 2 aromatic heterocycles. The molecule has 1 aromatic carbocycles. The lowest BCUT2D eigenvalue weighted by Gasteiger charge is -2.23. The molecule has 3 N–H and O–H groups in total. The molecule has 0 spiro atoms. The number of hydrogen-bond donors (Lipinski definition) is 3. The summed E-state index contributed by atoms with van der Waals surface area (Å²) in [6.45, 7) is 0. The van der Waals surface area contributed by atoms with Crippen LogP contribution < -0.4 is 20.4 Å². The number of amides is 1. The maximum Gasteiger partial charge on any atom is 0.278 e. The first-order valence-electron chi connectivity index (χ1n) is 9.32. The molecule has 0 saturated heterocycles. The number of pyridine rings is 2. The van der Waals surface area contributed by atoms with E-state index in [-0.39, 0.29) is 33.6 Å².